The predicted molar refractivity (Wildman–Crippen MR) is 59.0 cm³/mol. The number of aryl methyl sites for hydroxylation is 1. The second-order valence-electron chi connectivity index (χ2n) is 3.63. The molecule has 14 heavy (non-hydrogen) atoms. The highest BCUT2D eigenvalue weighted by atomic mass is 79.9. The van der Waals surface area contributed by atoms with Gasteiger partial charge in [-0.3, -0.25) is 4.79 Å². The van der Waals surface area contributed by atoms with Crippen molar-refractivity contribution in [3.63, 3.8) is 0 Å². The molecule has 0 heterocycles. The Labute approximate surface area is 91.8 Å². The van der Waals surface area contributed by atoms with Gasteiger partial charge in [0, 0.05) is 11.4 Å². The fourth-order valence-corrected chi connectivity index (χ4v) is 2.39. The molecule has 1 N–H and O–H groups in total. The number of rotatable bonds is 1. The quantitative estimate of drug-likeness (QED) is 0.819. The van der Waals surface area contributed by atoms with Crippen molar-refractivity contribution >= 4 is 21.8 Å². The Bertz CT molecular complexity index is 376. The number of nitrogens with one attached hydrogen (secondary N) is 1. The minimum atomic E-state index is 0.0470. The number of fused-ring (bicyclic) bond motifs is 1. The zero-order valence-corrected chi connectivity index (χ0v) is 9.60. The van der Waals surface area contributed by atoms with Crippen LogP contribution >= 0.6 is 15.9 Å². The van der Waals surface area contributed by atoms with Crippen molar-refractivity contribution in [2.24, 2.45) is 0 Å². The summed E-state index contributed by atoms with van der Waals surface area (Å²) in [5.41, 5.74) is 2.61. The summed E-state index contributed by atoms with van der Waals surface area (Å²) in [4.78, 5) is 11.0. The molecule has 1 aliphatic carbocycles. The number of benzene rings is 1. The first-order valence-corrected chi connectivity index (χ1v) is 5.51. The van der Waals surface area contributed by atoms with Gasteiger partial charge < -0.3 is 5.32 Å². The Morgan fingerprint density at radius 3 is 3.07 bits per heavy atom. The Hall–Kier alpha value is -0.830. The topological polar surface area (TPSA) is 29.1 Å². The van der Waals surface area contributed by atoms with Crippen LogP contribution in [0.15, 0.2) is 22.7 Å². The van der Waals surface area contributed by atoms with Crippen molar-refractivity contribution in [3.05, 3.63) is 33.8 Å². The van der Waals surface area contributed by atoms with Gasteiger partial charge in [0.2, 0.25) is 5.91 Å². The van der Waals surface area contributed by atoms with Crippen LogP contribution in [0.25, 0.3) is 0 Å². The van der Waals surface area contributed by atoms with E-state index < -0.39 is 0 Å². The third kappa shape index (κ3) is 1.82. The molecule has 1 atom stereocenters. The standard InChI is InChI=1S/C11H12BrNO/c1-7(14)13-11-5-2-8-6-9(12)3-4-10(8)11/h3-4,6,11H,2,5H2,1H3,(H,13,14). The highest BCUT2D eigenvalue weighted by Gasteiger charge is 2.22. The van der Waals surface area contributed by atoms with Gasteiger partial charge in [0.25, 0.3) is 0 Å². The fourth-order valence-electron chi connectivity index (χ4n) is 1.98. The van der Waals surface area contributed by atoms with Crippen LogP contribution in [0.5, 0.6) is 0 Å². The minimum absolute atomic E-state index is 0.0470. The van der Waals surface area contributed by atoms with E-state index in [1.54, 1.807) is 6.92 Å². The molecule has 1 aromatic rings. The van der Waals surface area contributed by atoms with Crippen LogP contribution in [0.4, 0.5) is 0 Å². The number of halogens is 1. The zero-order valence-electron chi connectivity index (χ0n) is 8.01. The fraction of sp³-hybridized carbons (Fsp3) is 0.364. The number of amides is 1. The molecule has 0 saturated carbocycles. The molecule has 0 aromatic heterocycles. The van der Waals surface area contributed by atoms with Gasteiger partial charge in [0.1, 0.15) is 0 Å². The van der Waals surface area contributed by atoms with E-state index >= 15 is 0 Å². The van der Waals surface area contributed by atoms with Crippen LogP contribution in [0.1, 0.15) is 30.5 Å². The lowest BCUT2D eigenvalue weighted by Gasteiger charge is -2.12. The minimum Gasteiger partial charge on any atom is -0.350 e. The summed E-state index contributed by atoms with van der Waals surface area (Å²) in [5.74, 6) is 0.0470. The van der Waals surface area contributed by atoms with Crippen LogP contribution in [0.2, 0.25) is 0 Å². The molecule has 3 heteroatoms. The lowest BCUT2D eigenvalue weighted by molar-refractivity contribution is -0.119. The number of carbonyl (C=O) groups excluding carboxylic acids is 1. The molecule has 0 saturated heterocycles. The molecule has 2 nitrogen and oxygen atoms in total. The van der Waals surface area contributed by atoms with E-state index in [9.17, 15) is 4.79 Å². The summed E-state index contributed by atoms with van der Waals surface area (Å²) in [6.07, 6.45) is 2.07. The summed E-state index contributed by atoms with van der Waals surface area (Å²) in [6, 6.07) is 6.47. The Kier molecular flexibility index (Phi) is 2.59. The molecule has 0 spiro atoms. The van der Waals surface area contributed by atoms with Gasteiger partial charge >= 0.3 is 0 Å². The summed E-state index contributed by atoms with van der Waals surface area (Å²) >= 11 is 3.45. The molecular formula is C11H12BrNO. The Morgan fingerprint density at radius 1 is 1.57 bits per heavy atom. The molecular weight excluding hydrogens is 242 g/mol. The average Bonchev–Trinajstić information content (AvgIpc) is 2.47. The maximum absolute atomic E-state index is 11.0. The molecule has 0 aliphatic heterocycles. The van der Waals surface area contributed by atoms with Gasteiger partial charge in [-0.15, -0.1) is 0 Å². The van der Waals surface area contributed by atoms with E-state index in [2.05, 4.69) is 33.4 Å². The van der Waals surface area contributed by atoms with E-state index in [1.807, 2.05) is 6.07 Å². The number of hydrogen-bond acceptors (Lipinski definition) is 1. The molecule has 74 valence electrons. The van der Waals surface area contributed by atoms with Crippen molar-refractivity contribution in [2.75, 3.05) is 0 Å². The third-order valence-electron chi connectivity index (χ3n) is 2.56. The van der Waals surface area contributed by atoms with E-state index in [1.165, 1.54) is 11.1 Å². The van der Waals surface area contributed by atoms with Gasteiger partial charge in [-0.1, -0.05) is 22.0 Å². The SMILES string of the molecule is CC(=O)NC1CCc2cc(Br)ccc21. The molecule has 1 amide bonds. The molecule has 2 rings (SSSR count). The Morgan fingerprint density at radius 2 is 2.36 bits per heavy atom. The van der Waals surface area contributed by atoms with Crippen molar-refractivity contribution in [3.8, 4) is 0 Å². The highest BCUT2D eigenvalue weighted by molar-refractivity contribution is 9.10. The van der Waals surface area contributed by atoms with Crippen LogP contribution in [0, 0.1) is 0 Å². The summed E-state index contributed by atoms with van der Waals surface area (Å²) < 4.78 is 1.11. The van der Waals surface area contributed by atoms with Crippen LogP contribution in [-0.4, -0.2) is 5.91 Å². The zero-order chi connectivity index (χ0) is 10.1. The highest BCUT2D eigenvalue weighted by Crippen LogP contribution is 2.32. The van der Waals surface area contributed by atoms with Crippen molar-refractivity contribution in [1.82, 2.24) is 5.32 Å². The number of hydrogen-bond donors (Lipinski definition) is 1. The van der Waals surface area contributed by atoms with Gasteiger partial charge in [0.15, 0.2) is 0 Å². The first-order valence-electron chi connectivity index (χ1n) is 4.72. The average molecular weight is 254 g/mol. The molecule has 0 fully saturated rings. The maximum atomic E-state index is 11.0. The van der Waals surface area contributed by atoms with Gasteiger partial charge in [-0.2, -0.15) is 0 Å². The van der Waals surface area contributed by atoms with E-state index in [0.29, 0.717) is 0 Å². The predicted octanol–water partition coefficient (Wildman–Crippen LogP) is 2.57. The van der Waals surface area contributed by atoms with Crippen LogP contribution in [-0.2, 0) is 11.2 Å². The van der Waals surface area contributed by atoms with Gasteiger partial charge in [-0.25, -0.2) is 0 Å². The van der Waals surface area contributed by atoms with Crippen molar-refractivity contribution in [1.29, 1.82) is 0 Å². The maximum Gasteiger partial charge on any atom is 0.217 e. The second-order valence-corrected chi connectivity index (χ2v) is 4.55. The summed E-state index contributed by atoms with van der Waals surface area (Å²) in [6.45, 7) is 1.57. The van der Waals surface area contributed by atoms with Crippen LogP contribution < -0.4 is 5.32 Å². The lowest BCUT2D eigenvalue weighted by Crippen LogP contribution is -2.24. The summed E-state index contributed by atoms with van der Waals surface area (Å²) in [7, 11) is 0. The molecule has 1 unspecified atom stereocenters. The first kappa shape index (κ1) is 9.71. The van der Waals surface area contributed by atoms with E-state index in [4.69, 9.17) is 0 Å². The smallest absolute Gasteiger partial charge is 0.217 e. The van der Waals surface area contributed by atoms with Gasteiger partial charge in [0.05, 0.1) is 6.04 Å². The number of carbonyl (C=O) groups is 1. The lowest BCUT2D eigenvalue weighted by atomic mass is 10.1. The van der Waals surface area contributed by atoms with E-state index in [-0.39, 0.29) is 11.9 Å². The Balaban J connectivity index is 2.26. The summed E-state index contributed by atoms with van der Waals surface area (Å²) in [5, 5.41) is 2.96. The largest absolute Gasteiger partial charge is 0.350 e. The normalized spacial score (nSPS) is 19.1. The third-order valence-corrected chi connectivity index (χ3v) is 3.05. The van der Waals surface area contributed by atoms with Gasteiger partial charge in [-0.05, 0) is 36.1 Å². The molecule has 1 aliphatic rings. The molecule has 0 radical (unpaired) electrons. The van der Waals surface area contributed by atoms with Crippen molar-refractivity contribution in [2.45, 2.75) is 25.8 Å². The first-order chi connectivity index (χ1) is 6.66. The van der Waals surface area contributed by atoms with Crippen molar-refractivity contribution < 1.29 is 4.79 Å². The molecule has 0 bridgehead atoms. The van der Waals surface area contributed by atoms with Crippen LogP contribution in [0.3, 0.4) is 0 Å². The second kappa shape index (κ2) is 3.73. The monoisotopic (exact) mass is 253 g/mol. The van der Waals surface area contributed by atoms with E-state index in [0.717, 1.165) is 17.3 Å². The molecule has 1 aromatic carbocycles.